The third-order valence-electron chi connectivity index (χ3n) is 4.64. The van der Waals surface area contributed by atoms with Crippen LogP contribution in [0.25, 0.3) is 10.8 Å². The van der Waals surface area contributed by atoms with E-state index in [1.54, 1.807) is 4.90 Å². The Balaban J connectivity index is 1.71. The van der Waals surface area contributed by atoms with Crippen LogP contribution in [0.2, 0.25) is 0 Å². The summed E-state index contributed by atoms with van der Waals surface area (Å²) >= 11 is 0. The van der Waals surface area contributed by atoms with Crippen molar-refractivity contribution in [2.75, 3.05) is 6.54 Å². The molecule has 0 saturated carbocycles. The van der Waals surface area contributed by atoms with Crippen LogP contribution in [0.1, 0.15) is 31.2 Å². The van der Waals surface area contributed by atoms with Crippen molar-refractivity contribution in [2.45, 2.75) is 38.1 Å². The lowest BCUT2D eigenvalue weighted by Crippen LogP contribution is -2.50. The van der Waals surface area contributed by atoms with E-state index in [4.69, 9.17) is 5.73 Å². The van der Waals surface area contributed by atoms with Crippen LogP contribution in [0, 0.1) is 0 Å². The average Bonchev–Trinajstić information content (AvgIpc) is 2.59. The molecular formula is C19H22N2O2. The van der Waals surface area contributed by atoms with Crippen LogP contribution in [0.5, 0.6) is 0 Å². The molecule has 4 heteroatoms. The predicted molar refractivity (Wildman–Crippen MR) is 90.8 cm³/mol. The van der Waals surface area contributed by atoms with Gasteiger partial charge >= 0.3 is 0 Å². The van der Waals surface area contributed by atoms with Crippen LogP contribution in [-0.2, 0) is 16.0 Å². The molecule has 23 heavy (non-hydrogen) atoms. The summed E-state index contributed by atoms with van der Waals surface area (Å²) in [5.41, 5.74) is 6.61. The fraction of sp³-hybridized carbons (Fsp3) is 0.368. The molecule has 0 unspecified atom stereocenters. The highest BCUT2D eigenvalue weighted by molar-refractivity contribution is 5.88. The summed E-state index contributed by atoms with van der Waals surface area (Å²) in [6.45, 7) is 0.641. The Kier molecular flexibility index (Phi) is 4.60. The van der Waals surface area contributed by atoms with Gasteiger partial charge in [-0.3, -0.25) is 9.59 Å². The number of amides is 2. The van der Waals surface area contributed by atoms with Crippen molar-refractivity contribution in [3.05, 3.63) is 48.0 Å². The van der Waals surface area contributed by atoms with Crippen molar-refractivity contribution in [1.82, 2.24) is 4.90 Å². The van der Waals surface area contributed by atoms with Gasteiger partial charge in [0.05, 0.1) is 0 Å². The Morgan fingerprint density at radius 2 is 1.87 bits per heavy atom. The minimum absolute atomic E-state index is 0.0291. The molecule has 120 valence electrons. The van der Waals surface area contributed by atoms with Gasteiger partial charge in [-0.15, -0.1) is 0 Å². The Labute approximate surface area is 136 Å². The van der Waals surface area contributed by atoms with Crippen LogP contribution in [0.15, 0.2) is 42.5 Å². The normalized spacial score (nSPS) is 18.1. The lowest BCUT2D eigenvalue weighted by atomic mass is 9.98. The van der Waals surface area contributed by atoms with Gasteiger partial charge in [-0.25, -0.2) is 0 Å². The van der Waals surface area contributed by atoms with E-state index < -0.39 is 6.04 Å². The highest BCUT2D eigenvalue weighted by Crippen LogP contribution is 2.22. The molecule has 2 aromatic rings. The summed E-state index contributed by atoms with van der Waals surface area (Å²) in [4.78, 5) is 25.8. The molecule has 1 fully saturated rings. The van der Waals surface area contributed by atoms with E-state index in [2.05, 4.69) is 24.3 Å². The number of hydrogen-bond donors (Lipinski definition) is 1. The van der Waals surface area contributed by atoms with Gasteiger partial charge < -0.3 is 10.6 Å². The minimum atomic E-state index is -0.427. The maximum Gasteiger partial charge on any atom is 0.240 e. The van der Waals surface area contributed by atoms with Gasteiger partial charge in [-0.1, -0.05) is 42.5 Å². The summed E-state index contributed by atoms with van der Waals surface area (Å²) < 4.78 is 0. The molecule has 4 nitrogen and oxygen atoms in total. The van der Waals surface area contributed by atoms with E-state index in [-0.39, 0.29) is 11.8 Å². The first-order valence-electron chi connectivity index (χ1n) is 8.22. The van der Waals surface area contributed by atoms with Crippen LogP contribution in [-0.4, -0.2) is 29.3 Å². The second kappa shape index (κ2) is 6.82. The number of benzene rings is 2. The number of aryl methyl sites for hydroxylation is 1. The number of nitrogens with zero attached hydrogens (tertiary/aromatic N) is 1. The lowest BCUT2D eigenvalue weighted by Gasteiger charge is -2.33. The molecule has 1 aliphatic rings. The minimum Gasteiger partial charge on any atom is -0.368 e. The molecule has 2 amide bonds. The number of piperidine rings is 1. The zero-order chi connectivity index (χ0) is 16.2. The number of primary amides is 1. The van der Waals surface area contributed by atoms with Gasteiger partial charge in [0.15, 0.2) is 0 Å². The van der Waals surface area contributed by atoms with Crippen LogP contribution < -0.4 is 5.73 Å². The topological polar surface area (TPSA) is 63.4 Å². The van der Waals surface area contributed by atoms with Gasteiger partial charge in [0.25, 0.3) is 0 Å². The van der Waals surface area contributed by atoms with Gasteiger partial charge in [0.2, 0.25) is 11.8 Å². The summed E-state index contributed by atoms with van der Waals surface area (Å²) in [5.74, 6) is -0.357. The quantitative estimate of drug-likeness (QED) is 0.943. The Hall–Kier alpha value is -2.36. The molecule has 1 heterocycles. The molecule has 3 rings (SSSR count). The molecule has 0 spiro atoms. The van der Waals surface area contributed by atoms with Crippen molar-refractivity contribution in [3.8, 4) is 0 Å². The maximum atomic E-state index is 12.5. The van der Waals surface area contributed by atoms with Crippen LogP contribution >= 0.6 is 0 Å². The van der Waals surface area contributed by atoms with E-state index in [1.807, 2.05) is 18.2 Å². The van der Waals surface area contributed by atoms with Gasteiger partial charge in [-0.2, -0.15) is 0 Å². The largest absolute Gasteiger partial charge is 0.368 e. The van der Waals surface area contributed by atoms with E-state index in [1.165, 1.54) is 16.3 Å². The number of carbonyl (C=O) groups is 2. The first-order valence-corrected chi connectivity index (χ1v) is 8.22. The highest BCUT2D eigenvalue weighted by atomic mass is 16.2. The SMILES string of the molecule is NC(=O)[C@@H]1CCCCN1C(=O)CCc1cccc2ccccc12. The summed E-state index contributed by atoms with van der Waals surface area (Å²) in [6, 6.07) is 13.9. The number of hydrogen-bond acceptors (Lipinski definition) is 2. The van der Waals surface area contributed by atoms with Crippen molar-refractivity contribution in [3.63, 3.8) is 0 Å². The third-order valence-corrected chi connectivity index (χ3v) is 4.64. The highest BCUT2D eigenvalue weighted by Gasteiger charge is 2.30. The molecular weight excluding hydrogens is 288 g/mol. The third kappa shape index (κ3) is 3.36. The number of carbonyl (C=O) groups excluding carboxylic acids is 2. The zero-order valence-electron chi connectivity index (χ0n) is 13.2. The summed E-state index contributed by atoms with van der Waals surface area (Å²) in [6.07, 6.45) is 3.69. The van der Waals surface area contributed by atoms with E-state index in [0.29, 0.717) is 25.8 Å². The van der Waals surface area contributed by atoms with Crippen LogP contribution in [0.4, 0.5) is 0 Å². The molecule has 1 saturated heterocycles. The fourth-order valence-electron chi connectivity index (χ4n) is 3.42. The van der Waals surface area contributed by atoms with Gasteiger partial charge in [0, 0.05) is 13.0 Å². The fourth-order valence-corrected chi connectivity index (χ4v) is 3.42. The average molecular weight is 310 g/mol. The molecule has 2 N–H and O–H groups in total. The standard InChI is InChI=1S/C19H22N2O2/c20-19(23)17-10-3-4-13-21(17)18(22)12-11-15-8-5-7-14-6-1-2-9-16(14)15/h1-2,5-9,17H,3-4,10-13H2,(H2,20,23)/t17-/m0/s1. The molecule has 0 bridgehead atoms. The second-order valence-corrected chi connectivity index (χ2v) is 6.14. The van der Waals surface area contributed by atoms with E-state index in [0.717, 1.165) is 12.8 Å². The van der Waals surface area contributed by atoms with E-state index in [9.17, 15) is 9.59 Å². The number of nitrogens with two attached hydrogens (primary N) is 1. The van der Waals surface area contributed by atoms with Gasteiger partial charge in [-0.05, 0) is 42.0 Å². The van der Waals surface area contributed by atoms with Crippen molar-refractivity contribution >= 4 is 22.6 Å². The summed E-state index contributed by atoms with van der Waals surface area (Å²) in [5, 5.41) is 2.37. The summed E-state index contributed by atoms with van der Waals surface area (Å²) in [7, 11) is 0. The number of likely N-dealkylation sites (tertiary alicyclic amines) is 1. The van der Waals surface area contributed by atoms with Gasteiger partial charge in [0.1, 0.15) is 6.04 Å². The molecule has 1 atom stereocenters. The predicted octanol–water partition coefficient (Wildman–Crippen LogP) is 2.64. The molecule has 1 aliphatic heterocycles. The van der Waals surface area contributed by atoms with Crippen molar-refractivity contribution < 1.29 is 9.59 Å². The lowest BCUT2D eigenvalue weighted by molar-refractivity contribution is -0.141. The zero-order valence-corrected chi connectivity index (χ0v) is 13.2. The molecule has 0 aliphatic carbocycles. The molecule has 2 aromatic carbocycles. The number of fused-ring (bicyclic) bond motifs is 1. The Bertz CT molecular complexity index is 721. The van der Waals surface area contributed by atoms with Crippen LogP contribution in [0.3, 0.4) is 0 Å². The Morgan fingerprint density at radius 1 is 1.09 bits per heavy atom. The number of rotatable bonds is 4. The molecule has 0 radical (unpaired) electrons. The Morgan fingerprint density at radius 3 is 2.70 bits per heavy atom. The maximum absolute atomic E-state index is 12.5. The first kappa shape index (κ1) is 15.5. The molecule has 0 aromatic heterocycles. The first-order chi connectivity index (χ1) is 11.2. The van der Waals surface area contributed by atoms with Crippen molar-refractivity contribution in [1.29, 1.82) is 0 Å². The monoisotopic (exact) mass is 310 g/mol. The smallest absolute Gasteiger partial charge is 0.240 e. The van der Waals surface area contributed by atoms with E-state index >= 15 is 0 Å². The second-order valence-electron chi connectivity index (χ2n) is 6.14. The van der Waals surface area contributed by atoms with Crippen molar-refractivity contribution in [2.24, 2.45) is 5.73 Å².